The van der Waals surface area contributed by atoms with Crippen LogP contribution in [0.1, 0.15) is 44.9 Å². The molecule has 108 valence electrons. The summed E-state index contributed by atoms with van der Waals surface area (Å²) in [6.45, 7) is 8.42. The quantitative estimate of drug-likeness (QED) is 0.872. The van der Waals surface area contributed by atoms with Crippen molar-refractivity contribution in [3.8, 4) is 0 Å². The van der Waals surface area contributed by atoms with Crippen molar-refractivity contribution >= 4 is 10.0 Å². The maximum Gasteiger partial charge on any atom is 0.209 e. The van der Waals surface area contributed by atoms with Gasteiger partial charge in [-0.05, 0) is 29.4 Å². The van der Waals surface area contributed by atoms with Crippen molar-refractivity contribution in [1.82, 2.24) is 4.72 Å². The first kappa shape index (κ1) is 16.2. The van der Waals surface area contributed by atoms with E-state index in [9.17, 15) is 8.42 Å². The second-order valence-corrected chi connectivity index (χ2v) is 7.73. The molecule has 4 heteroatoms. The Morgan fingerprint density at radius 2 is 1.58 bits per heavy atom. The number of hydrogen-bond acceptors (Lipinski definition) is 2. The lowest BCUT2D eigenvalue weighted by Gasteiger charge is -2.22. The van der Waals surface area contributed by atoms with Crippen molar-refractivity contribution in [3.63, 3.8) is 0 Å². The maximum atomic E-state index is 11.4. The molecule has 0 bridgehead atoms. The highest BCUT2D eigenvalue weighted by Gasteiger charge is 2.19. The molecule has 0 saturated carbocycles. The molecule has 0 radical (unpaired) electrons. The molecule has 3 nitrogen and oxygen atoms in total. The van der Waals surface area contributed by atoms with Crippen molar-refractivity contribution < 1.29 is 8.42 Å². The highest BCUT2D eigenvalue weighted by molar-refractivity contribution is 7.88. The van der Waals surface area contributed by atoms with E-state index < -0.39 is 10.0 Å². The summed E-state index contributed by atoms with van der Waals surface area (Å²) in [5.41, 5.74) is 2.31. The van der Waals surface area contributed by atoms with E-state index in [4.69, 9.17) is 0 Å². The third-order valence-corrected chi connectivity index (χ3v) is 3.67. The van der Waals surface area contributed by atoms with Gasteiger partial charge in [-0.3, -0.25) is 0 Å². The van der Waals surface area contributed by atoms with Gasteiger partial charge in [-0.1, -0.05) is 52.0 Å². The molecular weight excluding hydrogens is 258 g/mol. The molecule has 0 saturated heterocycles. The summed E-state index contributed by atoms with van der Waals surface area (Å²) in [5, 5.41) is 0. The Labute approximate surface area is 117 Å². The molecule has 0 aliphatic carbocycles. The van der Waals surface area contributed by atoms with Crippen LogP contribution in [0.3, 0.4) is 0 Å². The van der Waals surface area contributed by atoms with Crippen LogP contribution in [0.25, 0.3) is 0 Å². The Morgan fingerprint density at radius 1 is 1.05 bits per heavy atom. The first-order chi connectivity index (χ1) is 8.69. The van der Waals surface area contributed by atoms with Gasteiger partial charge in [0.25, 0.3) is 0 Å². The predicted octanol–water partition coefficient (Wildman–Crippen LogP) is 3.13. The van der Waals surface area contributed by atoms with E-state index in [2.05, 4.69) is 30.7 Å². The average Bonchev–Trinajstić information content (AvgIpc) is 2.25. The van der Waals surface area contributed by atoms with E-state index in [0.29, 0.717) is 5.92 Å². The van der Waals surface area contributed by atoms with Crippen LogP contribution >= 0.6 is 0 Å². The van der Waals surface area contributed by atoms with Crippen molar-refractivity contribution in [3.05, 3.63) is 35.4 Å². The zero-order valence-corrected chi connectivity index (χ0v) is 13.3. The van der Waals surface area contributed by atoms with Gasteiger partial charge in [0.15, 0.2) is 0 Å². The molecule has 0 heterocycles. The van der Waals surface area contributed by atoms with Gasteiger partial charge >= 0.3 is 0 Å². The third-order valence-electron chi connectivity index (χ3n) is 2.99. The summed E-state index contributed by atoms with van der Waals surface area (Å²) in [5.74, 6) is 0.839. The lowest BCUT2D eigenvalue weighted by atomic mass is 9.94. The van der Waals surface area contributed by atoms with Gasteiger partial charge in [0.2, 0.25) is 10.0 Å². The molecule has 1 aromatic carbocycles. The molecule has 19 heavy (non-hydrogen) atoms. The number of hydrogen-bond donors (Lipinski definition) is 1. The zero-order chi connectivity index (χ0) is 14.6. The van der Waals surface area contributed by atoms with Gasteiger partial charge in [-0.2, -0.15) is 0 Å². The SMILES string of the molecule is CC(C)Cc1ccc(C(NS(C)(=O)=O)C(C)C)cc1. The van der Waals surface area contributed by atoms with E-state index in [-0.39, 0.29) is 12.0 Å². The van der Waals surface area contributed by atoms with E-state index in [1.807, 2.05) is 26.0 Å². The Bertz CT molecular complexity index is 489. The van der Waals surface area contributed by atoms with Gasteiger partial charge in [0.1, 0.15) is 0 Å². The van der Waals surface area contributed by atoms with Crippen LogP contribution in [0, 0.1) is 11.8 Å². The van der Waals surface area contributed by atoms with Gasteiger partial charge in [-0.15, -0.1) is 0 Å². The number of rotatable bonds is 6. The highest BCUT2D eigenvalue weighted by atomic mass is 32.2. The van der Waals surface area contributed by atoms with Crippen LogP contribution in [-0.2, 0) is 16.4 Å². The minimum atomic E-state index is -3.20. The molecule has 0 aliphatic heterocycles. The molecule has 1 aromatic rings. The second-order valence-electron chi connectivity index (χ2n) is 5.95. The normalized spacial score (nSPS) is 14.1. The van der Waals surface area contributed by atoms with Crippen molar-refractivity contribution in [2.75, 3.05) is 6.26 Å². The minimum absolute atomic E-state index is 0.164. The molecule has 1 unspecified atom stereocenters. The highest BCUT2D eigenvalue weighted by Crippen LogP contribution is 2.23. The molecule has 1 atom stereocenters. The maximum absolute atomic E-state index is 11.4. The fourth-order valence-electron chi connectivity index (χ4n) is 2.15. The Hall–Kier alpha value is -0.870. The molecule has 0 aromatic heterocycles. The number of benzene rings is 1. The monoisotopic (exact) mass is 283 g/mol. The Morgan fingerprint density at radius 3 is 1.95 bits per heavy atom. The van der Waals surface area contributed by atoms with Gasteiger partial charge in [-0.25, -0.2) is 13.1 Å². The molecule has 0 spiro atoms. The van der Waals surface area contributed by atoms with Crippen LogP contribution in [0.15, 0.2) is 24.3 Å². The van der Waals surface area contributed by atoms with Crippen LogP contribution < -0.4 is 4.72 Å². The average molecular weight is 283 g/mol. The summed E-state index contributed by atoms with van der Waals surface area (Å²) in [4.78, 5) is 0. The summed E-state index contributed by atoms with van der Waals surface area (Å²) >= 11 is 0. The largest absolute Gasteiger partial charge is 0.213 e. The first-order valence-electron chi connectivity index (χ1n) is 6.75. The molecule has 0 aliphatic rings. The van der Waals surface area contributed by atoms with Crippen LogP contribution in [0.5, 0.6) is 0 Å². The third kappa shape index (κ3) is 5.74. The second kappa shape index (κ2) is 6.53. The first-order valence-corrected chi connectivity index (χ1v) is 8.64. The Balaban J connectivity index is 2.92. The predicted molar refractivity (Wildman–Crippen MR) is 80.5 cm³/mol. The molecule has 0 fully saturated rings. The standard InChI is InChI=1S/C15H25NO2S/c1-11(2)10-13-6-8-14(9-7-13)15(12(3)4)16-19(5,17)18/h6-9,11-12,15-16H,10H2,1-5H3. The van der Waals surface area contributed by atoms with Gasteiger partial charge in [0, 0.05) is 6.04 Å². The molecule has 1 N–H and O–H groups in total. The van der Waals surface area contributed by atoms with Crippen molar-refractivity contribution in [1.29, 1.82) is 0 Å². The Kier molecular flexibility index (Phi) is 5.56. The van der Waals surface area contributed by atoms with E-state index in [0.717, 1.165) is 12.0 Å². The molecule has 0 amide bonds. The molecular formula is C15H25NO2S. The van der Waals surface area contributed by atoms with Crippen LogP contribution in [-0.4, -0.2) is 14.7 Å². The van der Waals surface area contributed by atoms with E-state index >= 15 is 0 Å². The van der Waals surface area contributed by atoms with Crippen LogP contribution in [0.4, 0.5) is 0 Å². The number of nitrogens with one attached hydrogen (secondary N) is 1. The van der Waals surface area contributed by atoms with E-state index in [1.165, 1.54) is 11.8 Å². The van der Waals surface area contributed by atoms with Gasteiger partial charge < -0.3 is 0 Å². The summed E-state index contributed by atoms with van der Waals surface area (Å²) in [7, 11) is -3.20. The van der Waals surface area contributed by atoms with Gasteiger partial charge in [0.05, 0.1) is 6.26 Å². The fourth-order valence-corrected chi connectivity index (χ4v) is 3.02. The van der Waals surface area contributed by atoms with Crippen molar-refractivity contribution in [2.24, 2.45) is 11.8 Å². The fraction of sp³-hybridized carbons (Fsp3) is 0.600. The molecule has 1 rings (SSSR count). The van der Waals surface area contributed by atoms with Crippen LogP contribution in [0.2, 0.25) is 0 Å². The number of sulfonamides is 1. The summed E-state index contributed by atoms with van der Waals surface area (Å²) in [6.07, 6.45) is 2.25. The summed E-state index contributed by atoms with van der Waals surface area (Å²) in [6, 6.07) is 8.08. The zero-order valence-electron chi connectivity index (χ0n) is 12.5. The van der Waals surface area contributed by atoms with E-state index in [1.54, 1.807) is 0 Å². The lowest BCUT2D eigenvalue weighted by molar-refractivity contribution is 0.465. The smallest absolute Gasteiger partial charge is 0.209 e. The lowest BCUT2D eigenvalue weighted by Crippen LogP contribution is -2.30. The topological polar surface area (TPSA) is 46.2 Å². The minimum Gasteiger partial charge on any atom is -0.213 e. The van der Waals surface area contributed by atoms with Crippen molar-refractivity contribution in [2.45, 2.75) is 40.2 Å². The summed E-state index contributed by atoms with van der Waals surface area (Å²) < 4.78 is 25.5.